The second-order valence-corrected chi connectivity index (χ2v) is 6.67. The molecule has 0 fully saturated rings. The molecule has 1 N–H and O–H groups in total. The van der Waals surface area contributed by atoms with Crippen molar-refractivity contribution < 1.29 is 19.4 Å². The van der Waals surface area contributed by atoms with Crippen LogP contribution >= 0.6 is 0 Å². The number of hydrogen-bond donors (Lipinski definition) is 1. The Morgan fingerprint density at radius 3 is 1.78 bits per heavy atom. The Bertz CT molecular complexity index is 278. The molecular formula is C14H28O4. The Morgan fingerprint density at radius 1 is 1.00 bits per heavy atom. The van der Waals surface area contributed by atoms with E-state index in [9.17, 15) is 9.90 Å². The van der Waals surface area contributed by atoms with Crippen LogP contribution in [0.15, 0.2) is 0 Å². The summed E-state index contributed by atoms with van der Waals surface area (Å²) in [5.74, 6) is -0.890. The fourth-order valence-corrected chi connectivity index (χ4v) is 0.998. The zero-order valence-corrected chi connectivity index (χ0v) is 12.8. The summed E-state index contributed by atoms with van der Waals surface area (Å²) in [7, 11) is 0. The van der Waals surface area contributed by atoms with Crippen molar-refractivity contribution >= 4 is 5.97 Å². The maximum atomic E-state index is 11.4. The van der Waals surface area contributed by atoms with Gasteiger partial charge in [-0.2, -0.15) is 0 Å². The normalized spacial score (nSPS) is 16.4. The van der Waals surface area contributed by atoms with E-state index in [1.807, 2.05) is 41.5 Å². The van der Waals surface area contributed by atoms with Gasteiger partial charge in [0.2, 0.25) is 0 Å². The van der Waals surface area contributed by atoms with Gasteiger partial charge in [-0.15, -0.1) is 0 Å². The van der Waals surface area contributed by atoms with E-state index in [0.717, 1.165) is 6.42 Å². The summed E-state index contributed by atoms with van der Waals surface area (Å²) >= 11 is 0. The minimum absolute atomic E-state index is 0.144. The third-order valence-corrected chi connectivity index (χ3v) is 2.97. The standard InChI is InChI=1S/C14H28O4/c1-8-13(5,6)18-10-14(7,11(15)16)9-17-12(2,3)4/h8-10H2,1-7H3,(H,15,16). The zero-order valence-electron chi connectivity index (χ0n) is 12.8. The number of aliphatic carboxylic acids is 1. The number of carbonyl (C=O) groups is 1. The van der Waals surface area contributed by atoms with Gasteiger partial charge in [-0.1, -0.05) is 6.92 Å². The summed E-state index contributed by atoms with van der Waals surface area (Å²) in [6.07, 6.45) is 0.836. The molecule has 4 nitrogen and oxygen atoms in total. The molecule has 1 unspecified atom stereocenters. The molecule has 0 aliphatic heterocycles. The molecule has 0 amide bonds. The van der Waals surface area contributed by atoms with Gasteiger partial charge in [-0.25, -0.2) is 0 Å². The van der Waals surface area contributed by atoms with E-state index in [0.29, 0.717) is 0 Å². The summed E-state index contributed by atoms with van der Waals surface area (Å²) in [5, 5.41) is 9.34. The van der Waals surface area contributed by atoms with E-state index in [1.54, 1.807) is 6.92 Å². The van der Waals surface area contributed by atoms with Gasteiger partial charge < -0.3 is 14.6 Å². The highest BCUT2D eigenvalue weighted by atomic mass is 16.5. The lowest BCUT2D eigenvalue weighted by Crippen LogP contribution is -2.42. The monoisotopic (exact) mass is 260 g/mol. The van der Waals surface area contributed by atoms with Crippen molar-refractivity contribution in [2.45, 2.75) is 66.1 Å². The molecule has 0 saturated heterocycles. The smallest absolute Gasteiger partial charge is 0.314 e. The highest BCUT2D eigenvalue weighted by molar-refractivity contribution is 5.74. The predicted molar refractivity (Wildman–Crippen MR) is 71.8 cm³/mol. The maximum absolute atomic E-state index is 11.4. The highest BCUT2D eigenvalue weighted by Gasteiger charge is 2.37. The van der Waals surface area contributed by atoms with Gasteiger partial charge in [-0.05, 0) is 48.0 Å². The molecule has 1 atom stereocenters. The third-order valence-electron chi connectivity index (χ3n) is 2.97. The largest absolute Gasteiger partial charge is 0.481 e. The Balaban J connectivity index is 4.59. The van der Waals surface area contributed by atoms with Crippen molar-refractivity contribution in [1.82, 2.24) is 0 Å². The van der Waals surface area contributed by atoms with Gasteiger partial charge in [0, 0.05) is 0 Å². The second-order valence-electron chi connectivity index (χ2n) is 6.67. The summed E-state index contributed by atoms with van der Waals surface area (Å²) in [6.45, 7) is 13.6. The molecule has 108 valence electrons. The van der Waals surface area contributed by atoms with Crippen molar-refractivity contribution in [3.05, 3.63) is 0 Å². The van der Waals surface area contributed by atoms with Gasteiger partial charge >= 0.3 is 5.97 Å². The van der Waals surface area contributed by atoms with E-state index >= 15 is 0 Å². The lowest BCUT2D eigenvalue weighted by atomic mass is 9.92. The molecule has 0 aliphatic carbocycles. The molecule has 0 rings (SSSR count). The van der Waals surface area contributed by atoms with Gasteiger partial charge in [0.15, 0.2) is 0 Å². The minimum Gasteiger partial charge on any atom is -0.481 e. The van der Waals surface area contributed by atoms with Crippen LogP contribution in [-0.2, 0) is 14.3 Å². The van der Waals surface area contributed by atoms with Crippen molar-refractivity contribution in [2.75, 3.05) is 13.2 Å². The Hall–Kier alpha value is -0.610. The first-order valence-corrected chi connectivity index (χ1v) is 6.43. The molecule has 0 aromatic carbocycles. The van der Waals surface area contributed by atoms with Crippen LogP contribution in [0.25, 0.3) is 0 Å². The number of carboxylic acids is 1. The summed E-state index contributed by atoms with van der Waals surface area (Å²) in [4.78, 5) is 11.4. The first kappa shape index (κ1) is 17.4. The highest BCUT2D eigenvalue weighted by Crippen LogP contribution is 2.25. The number of ether oxygens (including phenoxy) is 2. The SMILES string of the molecule is CCC(C)(C)OCC(C)(COC(C)(C)C)C(=O)O. The first-order chi connectivity index (χ1) is 7.92. The maximum Gasteiger partial charge on any atom is 0.314 e. The molecule has 0 saturated carbocycles. The Labute approximate surface area is 111 Å². The molecule has 0 aliphatic rings. The van der Waals surface area contributed by atoms with Gasteiger partial charge in [0.05, 0.1) is 24.4 Å². The minimum atomic E-state index is -1.01. The predicted octanol–water partition coefficient (Wildman–Crippen LogP) is 3.10. The van der Waals surface area contributed by atoms with Crippen LogP contribution in [0.2, 0.25) is 0 Å². The van der Waals surface area contributed by atoms with E-state index in [2.05, 4.69) is 0 Å². The molecule has 0 spiro atoms. The van der Waals surface area contributed by atoms with E-state index in [4.69, 9.17) is 9.47 Å². The summed E-state index contributed by atoms with van der Waals surface area (Å²) in [6, 6.07) is 0. The fourth-order valence-electron chi connectivity index (χ4n) is 0.998. The van der Waals surface area contributed by atoms with Crippen molar-refractivity contribution in [3.8, 4) is 0 Å². The summed E-state index contributed by atoms with van der Waals surface area (Å²) < 4.78 is 11.3. The fraction of sp³-hybridized carbons (Fsp3) is 0.929. The molecule has 0 aromatic rings. The van der Waals surface area contributed by atoms with Crippen LogP contribution in [-0.4, -0.2) is 35.5 Å². The lowest BCUT2D eigenvalue weighted by molar-refractivity contribution is -0.166. The van der Waals surface area contributed by atoms with Crippen LogP contribution in [0.5, 0.6) is 0 Å². The van der Waals surface area contributed by atoms with Crippen LogP contribution in [0.1, 0.15) is 54.9 Å². The van der Waals surface area contributed by atoms with E-state index in [1.165, 1.54) is 0 Å². The molecular weight excluding hydrogens is 232 g/mol. The quantitative estimate of drug-likeness (QED) is 0.764. The van der Waals surface area contributed by atoms with Crippen LogP contribution in [0.4, 0.5) is 0 Å². The van der Waals surface area contributed by atoms with Gasteiger partial charge in [-0.3, -0.25) is 4.79 Å². The molecule has 0 heterocycles. The Kier molecular flexibility index (Phi) is 5.82. The topological polar surface area (TPSA) is 55.8 Å². The van der Waals surface area contributed by atoms with Crippen molar-refractivity contribution in [1.29, 1.82) is 0 Å². The number of hydrogen-bond acceptors (Lipinski definition) is 3. The van der Waals surface area contributed by atoms with E-state index < -0.39 is 11.4 Å². The molecule has 0 radical (unpaired) electrons. The summed E-state index contributed by atoms with van der Waals surface area (Å²) in [5.41, 5.74) is -1.67. The first-order valence-electron chi connectivity index (χ1n) is 6.43. The molecule has 18 heavy (non-hydrogen) atoms. The zero-order chi connectivity index (χ0) is 14.6. The van der Waals surface area contributed by atoms with Crippen LogP contribution < -0.4 is 0 Å². The number of carboxylic acid groups (broad SMARTS) is 1. The molecule has 0 aromatic heterocycles. The molecule has 4 heteroatoms. The van der Waals surface area contributed by atoms with Crippen LogP contribution in [0.3, 0.4) is 0 Å². The average molecular weight is 260 g/mol. The van der Waals surface area contributed by atoms with E-state index in [-0.39, 0.29) is 24.4 Å². The lowest BCUT2D eigenvalue weighted by Gasteiger charge is -2.33. The second kappa shape index (κ2) is 6.02. The van der Waals surface area contributed by atoms with Crippen LogP contribution in [0, 0.1) is 5.41 Å². The van der Waals surface area contributed by atoms with Gasteiger partial charge in [0.25, 0.3) is 0 Å². The third kappa shape index (κ3) is 6.36. The Morgan fingerprint density at radius 2 is 1.44 bits per heavy atom. The average Bonchev–Trinajstić information content (AvgIpc) is 2.22. The van der Waals surface area contributed by atoms with Crippen molar-refractivity contribution in [2.24, 2.45) is 5.41 Å². The van der Waals surface area contributed by atoms with Gasteiger partial charge in [0.1, 0.15) is 5.41 Å². The molecule has 0 bridgehead atoms. The number of rotatable bonds is 7. The van der Waals surface area contributed by atoms with Crippen molar-refractivity contribution in [3.63, 3.8) is 0 Å².